The fourth-order valence-electron chi connectivity index (χ4n) is 0. The minimum atomic E-state index is 0. The Kier molecular flexibility index (Phi) is 16.2. The number of hydrogen-bond acceptors (Lipinski definition) is 1. The molecule has 0 aromatic heterocycles. The number of carbonyl (C=O) groups excluding carboxylic acids is 1. The zero-order chi connectivity index (χ0) is 3.41. The number of aldehydes is 1. The zero-order valence-electron chi connectivity index (χ0n) is 3.40. The van der Waals surface area contributed by atoms with Crippen molar-refractivity contribution in [2.24, 2.45) is 0 Å². The molecule has 0 saturated heterocycles. The second-order valence-electron chi connectivity index (χ2n) is 0.455. The first-order valence-electron chi connectivity index (χ1n) is 1.14. The molecule has 0 aliphatic rings. The molecular weight excluding hydrogens is 75.0 g/mol. The third-order valence-corrected chi connectivity index (χ3v) is 0.118. The zero-order valence-corrected chi connectivity index (χ0v) is 5.40. The van der Waals surface area contributed by atoms with Crippen molar-refractivity contribution in [3.05, 3.63) is 6.92 Å². The van der Waals surface area contributed by atoms with E-state index in [1.807, 2.05) is 0 Å². The second kappa shape index (κ2) is 8.82. The van der Waals surface area contributed by atoms with Gasteiger partial charge in [0, 0.05) is 0 Å². The van der Waals surface area contributed by atoms with Crippen LogP contribution in [-0.4, -0.2) is 6.29 Å². The van der Waals surface area contributed by atoms with Gasteiger partial charge < -0.3 is 11.7 Å². The summed E-state index contributed by atoms with van der Waals surface area (Å²) in [5, 5.41) is 0. The molecule has 0 unspecified atom stereocenters. The van der Waals surface area contributed by atoms with Crippen molar-refractivity contribution in [2.75, 3.05) is 0 Å². The molecule has 0 bridgehead atoms. The van der Waals surface area contributed by atoms with Gasteiger partial charge in [0.25, 0.3) is 0 Å². The molecule has 0 fully saturated rings. The number of rotatable bonds is 1. The minimum Gasteiger partial charge on any atom is -0.337 e. The quantitative estimate of drug-likeness (QED) is 0.192. The van der Waals surface area contributed by atoms with Gasteiger partial charge in [-0.05, 0) is 0 Å². The molecule has 0 atom stereocenters. The van der Waals surface area contributed by atoms with Crippen LogP contribution in [0.3, 0.4) is 0 Å². The van der Waals surface area contributed by atoms with E-state index in [1.165, 1.54) is 0 Å². The van der Waals surface area contributed by atoms with Gasteiger partial charge in [0.2, 0.25) is 0 Å². The first-order chi connectivity index (χ1) is 1.91. The Labute approximate surface area is 54.0 Å². The van der Waals surface area contributed by atoms with Crippen LogP contribution >= 0.6 is 0 Å². The van der Waals surface area contributed by atoms with Gasteiger partial charge >= 0.3 is 29.6 Å². The van der Waals surface area contributed by atoms with E-state index in [1.54, 1.807) is 0 Å². The minimum absolute atomic E-state index is 0. The average molecular weight is 80.1 g/mol. The SMILES string of the molecule is [CH2-]CC=O.[Na+]. The number of hydrogen-bond donors (Lipinski definition) is 0. The van der Waals surface area contributed by atoms with Crippen LogP contribution in [0.5, 0.6) is 0 Å². The summed E-state index contributed by atoms with van der Waals surface area (Å²) in [6.45, 7) is 3.24. The molecule has 0 aromatic carbocycles. The van der Waals surface area contributed by atoms with Crippen molar-refractivity contribution in [3.63, 3.8) is 0 Å². The molecule has 0 heterocycles. The van der Waals surface area contributed by atoms with Crippen molar-refractivity contribution in [1.82, 2.24) is 0 Å². The van der Waals surface area contributed by atoms with Gasteiger partial charge in [-0.15, -0.1) is 6.42 Å². The van der Waals surface area contributed by atoms with Crippen molar-refractivity contribution < 1.29 is 34.4 Å². The molecule has 0 N–H and O–H groups in total. The predicted octanol–water partition coefficient (Wildman–Crippen LogP) is -2.59. The Morgan fingerprint density at radius 3 is 2.00 bits per heavy atom. The van der Waals surface area contributed by atoms with Gasteiger partial charge in [-0.3, -0.25) is 0 Å². The summed E-state index contributed by atoms with van der Waals surface area (Å²) < 4.78 is 0. The van der Waals surface area contributed by atoms with Crippen LogP contribution in [0, 0.1) is 6.92 Å². The predicted molar refractivity (Wildman–Crippen MR) is 16.0 cm³/mol. The Morgan fingerprint density at radius 1 is 1.80 bits per heavy atom. The summed E-state index contributed by atoms with van der Waals surface area (Å²) in [4.78, 5) is 9.11. The molecule has 0 aromatic rings. The smallest absolute Gasteiger partial charge is 0.337 e. The van der Waals surface area contributed by atoms with E-state index in [0.717, 1.165) is 6.29 Å². The summed E-state index contributed by atoms with van der Waals surface area (Å²) >= 11 is 0. The molecule has 0 aliphatic carbocycles. The van der Waals surface area contributed by atoms with Crippen LogP contribution in [-0.2, 0) is 4.79 Å². The van der Waals surface area contributed by atoms with Crippen molar-refractivity contribution in [1.29, 1.82) is 0 Å². The molecule has 0 aliphatic heterocycles. The molecule has 1 nitrogen and oxygen atoms in total. The van der Waals surface area contributed by atoms with Gasteiger partial charge in [0.15, 0.2) is 0 Å². The van der Waals surface area contributed by atoms with Gasteiger partial charge in [0.1, 0.15) is 0 Å². The molecular formula is C3H5NaO. The van der Waals surface area contributed by atoms with Crippen LogP contribution in [0.1, 0.15) is 6.42 Å². The first kappa shape index (κ1) is 9.18. The summed E-state index contributed by atoms with van der Waals surface area (Å²) in [6.07, 6.45) is 1.15. The first-order valence-corrected chi connectivity index (χ1v) is 1.14. The maximum atomic E-state index is 9.11. The average Bonchev–Trinajstić information content (AvgIpc) is 1.37. The van der Waals surface area contributed by atoms with E-state index in [-0.39, 0.29) is 29.6 Å². The fraction of sp³-hybridized carbons (Fsp3) is 0.333. The van der Waals surface area contributed by atoms with E-state index in [2.05, 4.69) is 6.92 Å². The van der Waals surface area contributed by atoms with E-state index in [0.29, 0.717) is 6.42 Å². The van der Waals surface area contributed by atoms with Crippen LogP contribution in [0.15, 0.2) is 0 Å². The summed E-state index contributed by atoms with van der Waals surface area (Å²) in [5.41, 5.74) is 0. The third kappa shape index (κ3) is 11.9. The van der Waals surface area contributed by atoms with E-state index >= 15 is 0 Å². The Morgan fingerprint density at radius 2 is 2.00 bits per heavy atom. The topological polar surface area (TPSA) is 17.1 Å². The molecule has 2 heteroatoms. The van der Waals surface area contributed by atoms with Crippen LogP contribution < -0.4 is 29.6 Å². The van der Waals surface area contributed by atoms with Gasteiger partial charge in [-0.1, -0.05) is 0 Å². The monoisotopic (exact) mass is 80.0 g/mol. The van der Waals surface area contributed by atoms with E-state index < -0.39 is 0 Å². The second-order valence-corrected chi connectivity index (χ2v) is 0.455. The summed E-state index contributed by atoms with van der Waals surface area (Å²) in [6, 6.07) is 0. The summed E-state index contributed by atoms with van der Waals surface area (Å²) in [7, 11) is 0. The standard InChI is InChI=1S/C3H5O.Na/c1-2-3-4;/h3H,1-2H2;/q-1;+1. The van der Waals surface area contributed by atoms with Crippen LogP contribution in [0.4, 0.5) is 0 Å². The normalized spacial score (nSPS) is 5.00. The van der Waals surface area contributed by atoms with Gasteiger partial charge in [0.05, 0.1) is 6.29 Å². The largest absolute Gasteiger partial charge is 1.00 e. The van der Waals surface area contributed by atoms with E-state index in [9.17, 15) is 0 Å². The third-order valence-electron chi connectivity index (χ3n) is 0.118. The Balaban J connectivity index is 0. The molecule has 0 saturated carbocycles. The summed E-state index contributed by atoms with van der Waals surface area (Å²) in [5.74, 6) is 0. The Bertz CT molecular complexity index is 20.9. The van der Waals surface area contributed by atoms with Gasteiger partial charge in [-0.2, -0.15) is 0 Å². The fourth-order valence-corrected chi connectivity index (χ4v) is 0. The Hall–Kier alpha value is 0.670. The van der Waals surface area contributed by atoms with Crippen molar-refractivity contribution >= 4 is 6.29 Å². The maximum Gasteiger partial charge on any atom is 1.00 e. The van der Waals surface area contributed by atoms with Crippen LogP contribution in [0.2, 0.25) is 0 Å². The molecule has 5 heavy (non-hydrogen) atoms. The van der Waals surface area contributed by atoms with Gasteiger partial charge in [-0.25, -0.2) is 0 Å². The van der Waals surface area contributed by atoms with Crippen molar-refractivity contribution in [2.45, 2.75) is 6.42 Å². The molecule has 0 spiro atoms. The van der Waals surface area contributed by atoms with E-state index in [4.69, 9.17) is 4.79 Å². The molecule has 24 valence electrons. The van der Waals surface area contributed by atoms with Crippen LogP contribution in [0.25, 0.3) is 0 Å². The molecule has 0 amide bonds. The van der Waals surface area contributed by atoms with Crippen molar-refractivity contribution in [3.8, 4) is 0 Å². The number of carbonyl (C=O) groups is 1. The molecule has 0 radical (unpaired) electrons. The molecule has 0 rings (SSSR count). The maximum absolute atomic E-state index is 9.11.